The number of fused-ring (bicyclic) bond motifs is 2. The number of aryl methyl sites for hydroxylation is 1. The number of rotatable bonds is 3. The van der Waals surface area contributed by atoms with Crippen LogP contribution in [0.3, 0.4) is 0 Å². The number of benzene rings is 1. The fraction of sp³-hybridized carbons (Fsp3) is 0.478. The van der Waals surface area contributed by atoms with Gasteiger partial charge in [0.25, 0.3) is 0 Å². The Labute approximate surface area is 175 Å². The van der Waals surface area contributed by atoms with Crippen LogP contribution < -0.4 is 0 Å². The Balaban J connectivity index is 1.29. The molecular weight excluding hydrogens is 384 g/mol. The maximum absolute atomic E-state index is 6.40. The predicted molar refractivity (Wildman–Crippen MR) is 114 cm³/mol. The molecule has 0 amide bonds. The third kappa shape index (κ3) is 2.98. The van der Waals surface area contributed by atoms with Gasteiger partial charge in [0.15, 0.2) is 0 Å². The SMILES string of the molecule is Cc1cc(-c2nn(Cl)c3ccc(C4C[C@@H]5CN(C6COC6)C[C@@H]5C4)cc23)ccn1. The average molecular weight is 409 g/mol. The van der Waals surface area contributed by atoms with E-state index in [9.17, 15) is 0 Å². The Morgan fingerprint density at radius 1 is 1.07 bits per heavy atom. The van der Waals surface area contributed by atoms with Crippen molar-refractivity contribution in [2.45, 2.75) is 31.7 Å². The first-order valence-corrected chi connectivity index (χ1v) is 10.9. The molecule has 4 heterocycles. The highest BCUT2D eigenvalue weighted by molar-refractivity contribution is 6.19. The number of pyridine rings is 1. The topological polar surface area (TPSA) is 43.2 Å². The normalized spacial score (nSPS) is 27.4. The van der Waals surface area contributed by atoms with E-state index in [4.69, 9.17) is 16.5 Å². The van der Waals surface area contributed by atoms with Gasteiger partial charge in [0, 0.05) is 47.7 Å². The Kier molecular flexibility index (Phi) is 4.19. The van der Waals surface area contributed by atoms with Gasteiger partial charge in [-0.25, -0.2) is 0 Å². The molecule has 2 aromatic heterocycles. The summed E-state index contributed by atoms with van der Waals surface area (Å²) in [6, 6.07) is 11.5. The molecule has 0 N–H and O–H groups in total. The van der Waals surface area contributed by atoms with E-state index in [-0.39, 0.29) is 0 Å². The van der Waals surface area contributed by atoms with Gasteiger partial charge < -0.3 is 4.74 Å². The highest BCUT2D eigenvalue weighted by atomic mass is 35.5. The van der Waals surface area contributed by atoms with E-state index in [1.54, 1.807) is 0 Å². The Morgan fingerprint density at radius 2 is 1.86 bits per heavy atom. The molecule has 1 aromatic carbocycles. The molecule has 6 rings (SSSR count). The van der Waals surface area contributed by atoms with Gasteiger partial charge in [0.2, 0.25) is 0 Å². The van der Waals surface area contributed by atoms with E-state index in [0.717, 1.165) is 52.9 Å². The third-order valence-electron chi connectivity index (χ3n) is 7.22. The van der Waals surface area contributed by atoms with Crippen LogP contribution >= 0.6 is 11.8 Å². The van der Waals surface area contributed by atoms with Crippen LogP contribution in [0.5, 0.6) is 0 Å². The maximum Gasteiger partial charge on any atom is 0.102 e. The number of aromatic nitrogens is 3. The van der Waals surface area contributed by atoms with E-state index >= 15 is 0 Å². The molecule has 0 spiro atoms. The number of ether oxygens (including phenoxy) is 1. The van der Waals surface area contributed by atoms with Gasteiger partial charge in [-0.3, -0.25) is 9.88 Å². The number of hydrogen-bond acceptors (Lipinski definition) is 4. The molecular formula is C23H25ClN4O. The third-order valence-corrected chi connectivity index (χ3v) is 7.48. The lowest BCUT2D eigenvalue weighted by Crippen LogP contribution is -2.48. The minimum absolute atomic E-state index is 0.639. The zero-order chi connectivity index (χ0) is 19.5. The molecule has 6 heteroatoms. The first-order chi connectivity index (χ1) is 14.2. The van der Waals surface area contributed by atoms with Gasteiger partial charge in [-0.2, -0.15) is 9.30 Å². The molecule has 3 fully saturated rings. The van der Waals surface area contributed by atoms with Gasteiger partial charge in [0.1, 0.15) is 5.69 Å². The molecule has 29 heavy (non-hydrogen) atoms. The van der Waals surface area contributed by atoms with Crippen molar-refractivity contribution in [1.82, 2.24) is 19.2 Å². The summed E-state index contributed by atoms with van der Waals surface area (Å²) < 4.78 is 6.87. The van der Waals surface area contributed by atoms with E-state index in [0.29, 0.717) is 12.0 Å². The molecule has 1 aliphatic carbocycles. The summed E-state index contributed by atoms with van der Waals surface area (Å²) >= 11 is 6.40. The summed E-state index contributed by atoms with van der Waals surface area (Å²) in [5.74, 6) is 2.30. The van der Waals surface area contributed by atoms with Crippen molar-refractivity contribution < 1.29 is 4.74 Å². The first-order valence-electron chi connectivity index (χ1n) is 10.6. The first kappa shape index (κ1) is 17.9. The number of halogens is 1. The molecule has 0 radical (unpaired) electrons. The number of hydrogen-bond donors (Lipinski definition) is 0. The zero-order valence-corrected chi connectivity index (χ0v) is 17.3. The van der Waals surface area contributed by atoms with Crippen LogP contribution in [0.1, 0.15) is 30.0 Å². The number of nitrogens with zero attached hydrogens (tertiary/aromatic N) is 4. The lowest BCUT2D eigenvalue weighted by Gasteiger charge is -2.35. The molecule has 5 nitrogen and oxygen atoms in total. The van der Waals surface area contributed by atoms with Crippen molar-refractivity contribution in [2.75, 3.05) is 26.3 Å². The minimum Gasteiger partial charge on any atom is -0.378 e. The standard InChI is InChI=1S/C23H25ClN4O/c1-14-6-16(4-5-25-14)23-21-9-15(2-3-22(21)28(24)26-23)17-7-18-10-27(11-19(18)8-17)20-12-29-13-20/h2-6,9,17-20H,7-8,10-13H2,1H3/t17?,18-,19+. The van der Waals surface area contributed by atoms with Gasteiger partial charge in [-0.05, 0) is 67.3 Å². The highest BCUT2D eigenvalue weighted by Gasteiger charge is 2.44. The second kappa shape index (κ2) is 6.79. The largest absolute Gasteiger partial charge is 0.378 e. The average Bonchev–Trinajstić information content (AvgIpc) is 3.32. The Hall–Kier alpha value is -1.95. The summed E-state index contributed by atoms with van der Waals surface area (Å²) in [7, 11) is 0. The van der Waals surface area contributed by atoms with Crippen molar-refractivity contribution >= 4 is 22.7 Å². The maximum atomic E-state index is 6.40. The van der Waals surface area contributed by atoms with Crippen molar-refractivity contribution in [2.24, 2.45) is 11.8 Å². The minimum atomic E-state index is 0.639. The molecule has 0 bridgehead atoms. The monoisotopic (exact) mass is 408 g/mol. The number of likely N-dealkylation sites (tertiary alicyclic amines) is 1. The van der Waals surface area contributed by atoms with Gasteiger partial charge >= 0.3 is 0 Å². The lowest BCUT2D eigenvalue weighted by molar-refractivity contribution is -0.0594. The molecule has 3 atom stereocenters. The summed E-state index contributed by atoms with van der Waals surface area (Å²) in [5.41, 5.74) is 5.40. The summed E-state index contributed by atoms with van der Waals surface area (Å²) in [4.78, 5) is 6.98. The van der Waals surface area contributed by atoms with Crippen LogP contribution in [0.15, 0.2) is 36.5 Å². The molecule has 1 unspecified atom stereocenters. The summed E-state index contributed by atoms with van der Waals surface area (Å²) in [6.07, 6.45) is 4.42. The molecule has 2 saturated heterocycles. The zero-order valence-electron chi connectivity index (χ0n) is 16.6. The lowest BCUT2D eigenvalue weighted by atomic mass is 9.93. The smallest absolute Gasteiger partial charge is 0.102 e. The van der Waals surface area contributed by atoms with Gasteiger partial charge in [-0.1, -0.05) is 6.07 Å². The molecule has 1 saturated carbocycles. The van der Waals surface area contributed by atoms with E-state index in [1.165, 1.54) is 35.7 Å². The highest BCUT2D eigenvalue weighted by Crippen LogP contribution is 2.47. The molecule has 3 aromatic rings. The van der Waals surface area contributed by atoms with Crippen molar-refractivity contribution in [1.29, 1.82) is 0 Å². The van der Waals surface area contributed by atoms with Crippen LogP contribution in [0.2, 0.25) is 0 Å². The predicted octanol–water partition coefficient (Wildman–Crippen LogP) is 4.23. The fourth-order valence-corrected chi connectivity index (χ4v) is 5.82. The van der Waals surface area contributed by atoms with E-state index in [2.05, 4.69) is 39.2 Å². The van der Waals surface area contributed by atoms with Crippen LogP contribution in [-0.2, 0) is 4.74 Å². The Bertz CT molecular complexity index is 1060. The van der Waals surface area contributed by atoms with Crippen molar-refractivity contribution in [3.05, 3.63) is 47.8 Å². The van der Waals surface area contributed by atoms with E-state index in [1.807, 2.05) is 19.2 Å². The van der Waals surface area contributed by atoms with Gasteiger partial charge in [0.05, 0.1) is 24.8 Å². The molecule has 2 aliphatic heterocycles. The van der Waals surface area contributed by atoms with Crippen molar-refractivity contribution in [3.63, 3.8) is 0 Å². The van der Waals surface area contributed by atoms with Crippen LogP contribution in [0.4, 0.5) is 0 Å². The second-order valence-electron chi connectivity index (χ2n) is 9.00. The van der Waals surface area contributed by atoms with Crippen LogP contribution in [0.25, 0.3) is 22.2 Å². The molecule has 150 valence electrons. The van der Waals surface area contributed by atoms with E-state index < -0.39 is 0 Å². The van der Waals surface area contributed by atoms with Crippen LogP contribution in [0, 0.1) is 18.8 Å². The summed E-state index contributed by atoms with van der Waals surface area (Å²) in [6.45, 7) is 6.36. The van der Waals surface area contributed by atoms with Gasteiger partial charge in [-0.15, -0.1) is 0 Å². The van der Waals surface area contributed by atoms with Crippen LogP contribution in [-0.4, -0.2) is 51.5 Å². The Morgan fingerprint density at radius 3 is 2.55 bits per heavy atom. The summed E-state index contributed by atoms with van der Waals surface area (Å²) in [5, 5.41) is 5.74. The molecule has 3 aliphatic rings. The fourth-order valence-electron chi connectivity index (χ4n) is 5.60. The van der Waals surface area contributed by atoms with Crippen molar-refractivity contribution in [3.8, 4) is 11.3 Å². The quantitative estimate of drug-likeness (QED) is 0.650. The second-order valence-corrected chi connectivity index (χ2v) is 9.33.